The standard InChI is InChI=1S/C19H18N4O2S/c1-13-20-18-14-7-3-4-8-15(14)21-19(23(18)22-13)26-12-11-25-17-10-6-5-9-16(17)24-2/h3-10H,11-12H2,1-2H3. The summed E-state index contributed by atoms with van der Waals surface area (Å²) in [6, 6.07) is 15.6. The second-order valence-corrected chi connectivity index (χ2v) is 6.72. The van der Waals surface area contributed by atoms with Crippen LogP contribution in [0.2, 0.25) is 0 Å². The molecule has 0 aliphatic heterocycles. The minimum absolute atomic E-state index is 0.536. The summed E-state index contributed by atoms with van der Waals surface area (Å²) in [7, 11) is 1.64. The van der Waals surface area contributed by atoms with Gasteiger partial charge in [0.05, 0.1) is 19.2 Å². The molecule has 132 valence electrons. The number of benzene rings is 2. The second kappa shape index (κ2) is 7.21. The fourth-order valence-electron chi connectivity index (χ4n) is 2.75. The SMILES string of the molecule is COc1ccccc1OCCSc1nc2ccccc2c2nc(C)nn12. The largest absolute Gasteiger partial charge is 0.493 e. The second-order valence-electron chi connectivity index (χ2n) is 5.65. The number of aromatic nitrogens is 4. The van der Waals surface area contributed by atoms with Crippen LogP contribution in [0.3, 0.4) is 0 Å². The zero-order chi connectivity index (χ0) is 17.9. The fourth-order valence-corrected chi connectivity index (χ4v) is 3.51. The van der Waals surface area contributed by atoms with Gasteiger partial charge in [0, 0.05) is 11.1 Å². The molecule has 0 spiro atoms. The van der Waals surface area contributed by atoms with Crippen molar-refractivity contribution in [3.05, 3.63) is 54.4 Å². The number of para-hydroxylation sites is 3. The zero-order valence-corrected chi connectivity index (χ0v) is 15.4. The van der Waals surface area contributed by atoms with E-state index in [2.05, 4.69) is 10.1 Å². The molecule has 2 aromatic heterocycles. The molecule has 2 heterocycles. The molecule has 0 aliphatic carbocycles. The molecule has 26 heavy (non-hydrogen) atoms. The summed E-state index contributed by atoms with van der Waals surface area (Å²) in [4.78, 5) is 9.29. The van der Waals surface area contributed by atoms with E-state index >= 15 is 0 Å². The quantitative estimate of drug-likeness (QED) is 0.294. The van der Waals surface area contributed by atoms with Crippen LogP contribution < -0.4 is 9.47 Å². The van der Waals surface area contributed by atoms with Crippen molar-refractivity contribution in [3.63, 3.8) is 0 Å². The molecular formula is C19H18N4O2S. The number of hydrogen-bond donors (Lipinski definition) is 0. The molecule has 0 aliphatic rings. The first-order valence-electron chi connectivity index (χ1n) is 8.27. The van der Waals surface area contributed by atoms with E-state index in [4.69, 9.17) is 14.5 Å². The summed E-state index contributed by atoms with van der Waals surface area (Å²) in [5.41, 5.74) is 1.75. The van der Waals surface area contributed by atoms with Gasteiger partial charge in [-0.05, 0) is 31.2 Å². The maximum Gasteiger partial charge on any atom is 0.191 e. The Morgan fingerprint density at radius 3 is 2.62 bits per heavy atom. The minimum atomic E-state index is 0.536. The van der Waals surface area contributed by atoms with Gasteiger partial charge in [0.15, 0.2) is 22.3 Å². The third-order valence-corrected chi connectivity index (χ3v) is 4.79. The predicted molar refractivity (Wildman–Crippen MR) is 102 cm³/mol. The van der Waals surface area contributed by atoms with Crippen LogP contribution >= 0.6 is 11.8 Å². The topological polar surface area (TPSA) is 61.5 Å². The number of hydrogen-bond acceptors (Lipinski definition) is 6. The Kier molecular flexibility index (Phi) is 4.62. The summed E-state index contributed by atoms with van der Waals surface area (Å²) in [5.74, 6) is 2.94. The van der Waals surface area contributed by atoms with Crippen LogP contribution in [0.25, 0.3) is 16.6 Å². The number of nitrogens with zero attached hydrogens (tertiary/aromatic N) is 4. The molecule has 2 aromatic carbocycles. The first-order chi connectivity index (χ1) is 12.8. The summed E-state index contributed by atoms with van der Waals surface area (Å²) in [6.45, 7) is 2.43. The lowest BCUT2D eigenvalue weighted by atomic mass is 10.2. The zero-order valence-electron chi connectivity index (χ0n) is 14.5. The first-order valence-corrected chi connectivity index (χ1v) is 9.25. The van der Waals surface area contributed by atoms with E-state index in [1.807, 2.05) is 60.0 Å². The van der Waals surface area contributed by atoms with Gasteiger partial charge in [-0.1, -0.05) is 36.0 Å². The highest BCUT2D eigenvalue weighted by atomic mass is 32.2. The van der Waals surface area contributed by atoms with E-state index < -0.39 is 0 Å². The summed E-state index contributed by atoms with van der Waals surface area (Å²) in [6.07, 6.45) is 0. The van der Waals surface area contributed by atoms with Crippen molar-refractivity contribution in [1.82, 2.24) is 19.6 Å². The van der Waals surface area contributed by atoms with Gasteiger partial charge in [-0.3, -0.25) is 0 Å². The number of ether oxygens (including phenoxy) is 2. The molecule has 4 aromatic rings. The Morgan fingerprint density at radius 2 is 1.77 bits per heavy atom. The number of aryl methyl sites for hydroxylation is 1. The number of thioether (sulfide) groups is 1. The van der Waals surface area contributed by atoms with Crippen LogP contribution in [0.1, 0.15) is 5.82 Å². The van der Waals surface area contributed by atoms with Crippen molar-refractivity contribution >= 4 is 28.3 Å². The summed E-state index contributed by atoms with van der Waals surface area (Å²) in [5, 5.41) is 6.30. The van der Waals surface area contributed by atoms with Crippen molar-refractivity contribution in [2.45, 2.75) is 12.1 Å². The van der Waals surface area contributed by atoms with Gasteiger partial charge in [0.1, 0.15) is 5.82 Å². The van der Waals surface area contributed by atoms with Crippen molar-refractivity contribution in [1.29, 1.82) is 0 Å². The molecule has 0 N–H and O–H groups in total. The Hall–Kier alpha value is -2.80. The molecule has 0 unspecified atom stereocenters. The van der Waals surface area contributed by atoms with E-state index in [1.165, 1.54) is 0 Å². The lowest BCUT2D eigenvalue weighted by molar-refractivity contribution is 0.313. The Balaban J connectivity index is 1.53. The monoisotopic (exact) mass is 366 g/mol. The van der Waals surface area contributed by atoms with Crippen LogP contribution in [-0.2, 0) is 0 Å². The smallest absolute Gasteiger partial charge is 0.191 e. The number of rotatable bonds is 6. The van der Waals surface area contributed by atoms with E-state index in [-0.39, 0.29) is 0 Å². The van der Waals surface area contributed by atoms with Crippen LogP contribution in [0, 0.1) is 6.92 Å². The maximum atomic E-state index is 5.84. The molecule has 6 nitrogen and oxygen atoms in total. The highest BCUT2D eigenvalue weighted by Crippen LogP contribution is 2.27. The Morgan fingerprint density at radius 1 is 1.00 bits per heavy atom. The van der Waals surface area contributed by atoms with Crippen molar-refractivity contribution in [2.75, 3.05) is 19.5 Å². The molecule has 0 radical (unpaired) electrons. The fraction of sp³-hybridized carbons (Fsp3) is 0.211. The third-order valence-electron chi connectivity index (χ3n) is 3.90. The van der Waals surface area contributed by atoms with Crippen LogP contribution in [0.4, 0.5) is 0 Å². The van der Waals surface area contributed by atoms with Gasteiger partial charge in [0.25, 0.3) is 0 Å². The van der Waals surface area contributed by atoms with Crippen LogP contribution in [-0.4, -0.2) is 39.1 Å². The first kappa shape index (κ1) is 16.7. The van der Waals surface area contributed by atoms with Crippen molar-refractivity contribution in [2.24, 2.45) is 0 Å². The molecule has 0 atom stereocenters. The van der Waals surface area contributed by atoms with Gasteiger partial charge in [-0.15, -0.1) is 5.10 Å². The highest BCUT2D eigenvalue weighted by Gasteiger charge is 2.12. The van der Waals surface area contributed by atoms with Gasteiger partial charge in [-0.25, -0.2) is 9.97 Å². The van der Waals surface area contributed by atoms with Gasteiger partial charge in [-0.2, -0.15) is 4.52 Å². The summed E-state index contributed by atoms with van der Waals surface area (Å²) >= 11 is 1.59. The maximum absolute atomic E-state index is 5.84. The Bertz CT molecular complexity index is 1060. The van der Waals surface area contributed by atoms with E-state index in [0.717, 1.165) is 44.8 Å². The van der Waals surface area contributed by atoms with E-state index in [9.17, 15) is 0 Å². The summed E-state index contributed by atoms with van der Waals surface area (Å²) < 4.78 is 12.9. The average molecular weight is 366 g/mol. The number of methoxy groups -OCH3 is 1. The van der Waals surface area contributed by atoms with Gasteiger partial charge in [0.2, 0.25) is 0 Å². The van der Waals surface area contributed by atoms with Crippen molar-refractivity contribution < 1.29 is 9.47 Å². The minimum Gasteiger partial charge on any atom is -0.493 e. The predicted octanol–water partition coefficient (Wildman–Crippen LogP) is 3.77. The lowest BCUT2D eigenvalue weighted by Gasteiger charge is -2.10. The highest BCUT2D eigenvalue weighted by molar-refractivity contribution is 7.99. The van der Waals surface area contributed by atoms with Gasteiger partial charge >= 0.3 is 0 Å². The normalized spacial score (nSPS) is 11.2. The van der Waals surface area contributed by atoms with Crippen LogP contribution in [0.15, 0.2) is 53.7 Å². The molecule has 7 heteroatoms. The van der Waals surface area contributed by atoms with Crippen molar-refractivity contribution in [3.8, 4) is 11.5 Å². The number of fused-ring (bicyclic) bond motifs is 3. The third kappa shape index (κ3) is 3.17. The molecule has 0 amide bonds. The lowest BCUT2D eigenvalue weighted by Crippen LogP contribution is -2.04. The molecule has 0 fully saturated rings. The average Bonchev–Trinajstić information content (AvgIpc) is 3.07. The van der Waals surface area contributed by atoms with Gasteiger partial charge < -0.3 is 9.47 Å². The molecule has 4 rings (SSSR count). The molecular weight excluding hydrogens is 348 g/mol. The van der Waals surface area contributed by atoms with E-state index in [0.29, 0.717) is 6.61 Å². The van der Waals surface area contributed by atoms with E-state index in [1.54, 1.807) is 18.9 Å². The molecule has 0 saturated carbocycles. The molecule has 0 saturated heterocycles. The molecule has 0 bridgehead atoms. The van der Waals surface area contributed by atoms with Crippen LogP contribution in [0.5, 0.6) is 11.5 Å². The Labute approximate surface area is 155 Å².